The van der Waals surface area contributed by atoms with Gasteiger partial charge in [0.2, 0.25) is 10.0 Å². The van der Waals surface area contributed by atoms with E-state index in [9.17, 15) is 13.2 Å². The van der Waals surface area contributed by atoms with Crippen LogP contribution in [-0.4, -0.2) is 31.7 Å². The Balaban J connectivity index is 1.84. The third-order valence-corrected chi connectivity index (χ3v) is 6.32. The molecule has 1 aliphatic rings. The quantitative estimate of drug-likeness (QED) is 0.911. The molecule has 1 N–H and O–H groups in total. The lowest BCUT2D eigenvalue weighted by atomic mass is 10.1. The number of aryl methyl sites for hydroxylation is 2. The first-order chi connectivity index (χ1) is 11.9. The van der Waals surface area contributed by atoms with Crippen LogP contribution in [0.1, 0.15) is 34.3 Å². The van der Waals surface area contributed by atoms with Crippen LogP contribution in [-0.2, 0) is 10.0 Å². The summed E-state index contributed by atoms with van der Waals surface area (Å²) in [4.78, 5) is 12.7. The van der Waals surface area contributed by atoms with Gasteiger partial charge in [-0.2, -0.15) is 4.31 Å². The number of hydrogen-bond donors (Lipinski definition) is 1. The van der Waals surface area contributed by atoms with Crippen molar-refractivity contribution in [2.45, 2.75) is 31.6 Å². The van der Waals surface area contributed by atoms with Crippen LogP contribution in [0.25, 0.3) is 0 Å². The fraction of sp³-hybridized carbons (Fsp3) is 0.316. The molecule has 1 fully saturated rings. The van der Waals surface area contributed by atoms with Crippen molar-refractivity contribution in [1.29, 1.82) is 0 Å². The molecule has 1 amide bonds. The number of amides is 1. The number of sulfonamides is 1. The molecule has 0 aromatic heterocycles. The Kier molecular flexibility index (Phi) is 4.92. The maximum atomic E-state index is 12.7. The molecular formula is C19H22N2O3S. The molecule has 132 valence electrons. The molecule has 0 bridgehead atoms. The van der Waals surface area contributed by atoms with Crippen molar-refractivity contribution in [2.24, 2.45) is 0 Å². The van der Waals surface area contributed by atoms with Crippen LogP contribution in [0.3, 0.4) is 0 Å². The van der Waals surface area contributed by atoms with Crippen LogP contribution in [0.15, 0.2) is 47.4 Å². The van der Waals surface area contributed by atoms with E-state index >= 15 is 0 Å². The number of carbonyl (C=O) groups excluding carboxylic acids is 1. The largest absolute Gasteiger partial charge is 0.322 e. The smallest absolute Gasteiger partial charge is 0.255 e. The van der Waals surface area contributed by atoms with Crippen molar-refractivity contribution in [3.05, 3.63) is 59.2 Å². The van der Waals surface area contributed by atoms with Crippen LogP contribution in [0.4, 0.5) is 5.69 Å². The molecule has 0 atom stereocenters. The molecular weight excluding hydrogens is 336 g/mol. The van der Waals surface area contributed by atoms with Gasteiger partial charge in [-0.15, -0.1) is 0 Å². The summed E-state index contributed by atoms with van der Waals surface area (Å²) in [5.74, 6) is -0.314. The molecule has 1 saturated heterocycles. The minimum atomic E-state index is -3.53. The van der Waals surface area contributed by atoms with Crippen molar-refractivity contribution in [1.82, 2.24) is 4.31 Å². The molecule has 5 nitrogen and oxygen atoms in total. The number of rotatable bonds is 4. The van der Waals surface area contributed by atoms with Gasteiger partial charge in [0.15, 0.2) is 0 Å². The molecule has 3 rings (SSSR count). The topological polar surface area (TPSA) is 66.5 Å². The zero-order chi connectivity index (χ0) is 18.0. The number of carbonyl (C=O) groups is 1. The fourth-order valence-electron chi connectivity index (χ4n) is 3.02. The van der Waals surface area contributed by atoms with Gasteiger partial charge in [0, 0.05) is 24.3 Å². The average Bonchev–Trinajstić information content (AvgIpc) is 3.13. The maximum absolute atomic E-state index is 12.7. The summed E-state index contributed by atoms with van der Waals surface area (Å²) in [6.45, 7) is 5.00. The minimum Gasteiger partial charge on any atom is -0.322 e. The number of anilines is 1. The Labute approximate surface area is 148 Å². The first kappa shape index (κ1) is 17.6. The van der Waals surface area contributed by atoms with E-state index in [0.29, 0.717) is 18.7 Å². The second kappa shape index (κ2) is 6.98. The van der Waals surface area contributed by atoms with E-state index in [1.54, 1.807) is 18.2 Å². The molecule has 25 heavy (non-hydrogen) atoms. The van der Waals surface area contributed by atoms with Crippen LogP contribution in [0.2, 0.25) is 0 Å². The van der Waals surface area contributed by atoms with Crippen molar-refractivity contribution in [3.63, 3.8) is 0 Å². The normalized spacial score (nSPS) is 15.3. The highest BCUT2D eigenvalue weighted by Crippen LogP contribution is 2.22. The van der Waals surface area contributed by atoms with Crippen molar-refractivity contribution in [3.8, 4) is 0 Å². The predicted molar refractivity (Wildman–Crippen MR) is 98.3 cm³/mol. The molecule has 0 saturated carbocycles. The summed E-state index contributed by atoms with van der Waals surface area (Å²) >= 11 is 0. The third-order valence-electron chi connectivity index (χ3n) is 4.43. The Morgan fingerprint density at radius 1 is 1.04 bits per heavy atom. The first-order valence-corrected chi connectivity index (χ1v) is 9.81. The number of benzene rings is 2. The highest BCUT2D eigenvalue weighted by Gasteiger charge is 2.27. The fourth-order valence-corrected chi connectivity index (χ4v) is 4.59. The lowest BCUT2D eigenvalue weighted by Gasteiger charge is -2.16. The van der Waals surface area contributed by atoms with Crippen LogP contribution >= 0.6 is 0 Å². The van der Waals surface area contributed by atoms with Crippen molar-refractivity contribution < 1.29 is 13.2 Å². The Morgan fingerprint density at radius 2 is 1.76 bits per heavy atom. The van der Waals surface area contributed by atoms with E-state index in [1.807, 2.05) is 32.0 Å². The molecule has 1 aliphatic heterocycles. The maximum Gasteiger partial charge on any atom is 0.255 e. The zero-order valence-corrected chi connectivity index (χ0v) is 15.3. The molecule has 0 radical (unpaired) electrons. The molecule has 1 heterocycles. The van der Waals surface area contributed by atoms with E-state index in [4.69, 9.17) is 0 Å². The second-order valence-electron chi connectivity index (χ2n) is 6.41. The highest BCUT2D eigenvalue weighted by molar-refractivity contribution is 7.89. The number of hydrogen-bond acceptors (Lipinski definition) is 3. The molecule has 0 aliphatic carbocycles. The van der Waals surface area contributed by atoms with Crippen LogP contribution < -0.4 is 5.32 Å². The number of nitrogens with zero attached hydrogens (tertiary/aromatic N) is 1. The molecule has 2 aromatic rings. The summed E-state index contributed by atoms with van der Waals surface area (Å²) in [7, 11) is -3.53. The predicted octanol–water partition coefficient (Wildman–Crippen LogP) is 3.34. The van der Waals surface area contributed by atoms with Crippen LogP contribution in [0, 0.1) is 13.8 Å². The van der Waals surface area contributed by atoms with E-state index < -0.39 is 10.0 Å². The summed E-state index contributed by atoms with van der Waals surface area (Å²) in [5, 5.41) is 2.85. The monoisotopic (exact) mass is 358 g/mol. The van der Waals surface area contributed by atoms with E-state index in [1.165, 1.54) is 10.4 Å². The lowest BCUT2D eigenvalue weighted by molar-refractivity contribution is 0.102. The Morgan fingerprint density at radius 3 is 2.44 bits per heavy atom. The van der Waals surface area contributed by atoms with Gasteiger partial charge in [-0.05, 0) is 56.5 Å². The standard InChI is InChI=1S/C19H22N2O3S/c1-14-8-9-18(15(2)12-14)20-19(22)16-6-5-7-17(13-16)25(23,24)21-10-3-4-11-21/h5-9,12-13H,3-4,10-11H2,1-2H3,(H,20,22). The van der Waals surface area contributed by atoms with Gasteiger partial charge in [0.25, 0.3) is 5.91 Å². The second-order valence-corrected chi connectivity index (χ2v) is 8.35. The summed E-state index contributed by atoms with van der Waals surface area (Å²) in [6, 6.07) is 12.0. The van der Waals surface area contributed by atoms with Gasteiger partial charge >= 0.3 is 0 Å². The van der Waals surface area contributed by atoms with E-state index in [0.717, 1.165) is 29.7 Å². The van der Waals surface area contributed by atoms with Gasteiger partial charge in [-0.1, -0.05) is 23.8 Å². The molecule has 0 spiro atoms. The lowest BCUT2D eigenvalue weighted by Crippen LogP contribution is -2.28. The molecule has 2 aromatic carbocycles. The number of nitrogens with one attached hydrogen (secondary N) is 1. The summed E-state index contributed by atoms with van der Waals surface area (Å²) in [6.07, 6.45) is 1.76. The highest BCUT2D eigenvalue weighted by atomic mass is 32.2. The summed E-state index contributed by atoms with van der Waals surface area (Å²) in [5.41, 5.74) is 3.15. The van der Waals surface area contributed by atoms with E-state index in [2.05, 4.69) is 5.32 Å². The van der Waals surface area contributed by atoms with E-state index in [-0.39, 0.29) is 10.8 Å². The molecule has 0 unspecified atom stereocenters. The minimum absolute atomic E-state index is 0.169. The van der Waals surface area contributed by atoms with Crippen molar-refractivity contribution >= 4 is 21.6 Å². The average molecular weight is 358 g/mol. The van der Waals surface area contributed by atoms with Gasteiger partial charge in [-0.3, -0.25) is 4.79 Å². The molecule has 6 heteroatoms. The van der Waals surface area contributed by atoms with Gasteiger partial charge in [0.1, 0.15) is 0 Å². The SMILES string of the molecule is Cc1ccc(NC(=O)c2cccc(S(=O)(=O)N3CCCC3)c2)c(C)c1. The Bertz CT molecular complexity index is 901. The van der Waals surface area contributed by atoms with Crippen molar-refractivity contribution in [2.75, 3.05) is 18.4 Å². The van der Waals surface area contributed by atoms with Gasteiger partial charge in [0.05, 0.1) is 4.90 Å². The van der Waals surface area contributed by atoms with Gasteiger partial charge < -0.3 is 5.32 Å². The van der Waals surface area contributed by atoms with Gasteiger partial charge in [-0.25, -0.2) is 8.42 Å². The first-order valence-electron chi connectivity index (χ1n) is 8.37. The summed E-state index contributed by atoms with van der Waals surface area (Å²) < 4.78 is 26.8. The zero-order valence-electron chi connectivity index (χ0n) is 14.5. The van der Waals surface area contributed by atoms with Crippen LogP contribution in [0.5, 0.6) is 0 Å². The third kappa shape index (κ3) is 3.75. The Hall–Kier alpha value is -2.18.